The highest BCUT2D eigenvalue weighted by atomic mass is 19.1. The van der Waals surface area contributed by atoms with E-state index in [2.05, 4.69) is 10.2 Å². The number of hydrogen-bond donors (Lipinski definition) is 1. The Bertz CT molecular complexity index is 1710. The fourth-order valence-electron chi connectivity index (χ4n) is 7.26. The van der Waals surface area contributed by atoms with Crippen molar-refractivity contribution in [2.75, 3.05) is 43.5 Å². The van der Waals surface area contributed by atoms with E-state index < -0.39 is 11.3 Å². The molecular weight excluding hydrogens is 629 g/mol. The molecule has 3 aromatic heterocycles. The van der Waals surface area contributed by atoms with E-state index in [-0.39, 0.29) is 36.5 Å². The van der Waals surface area contributed by atoms with Gasteiger partial charge in [-0.15, -0.1) is 0 Å². The average molecular weight is 680 g/mol. The molecule has 0 radical (unpaired) electrons. The van der Waals surface area contributed by atoms with E-state index in [1.807, 2.05) is 37.9 Å². The largest absolute Gasteiger partial charge is 0.444 e. The maximum Gasteiger partial charge on any atom is 0.410 e. The van der Waals surface area contributed by atoms with E-state index in [1.54, 1.807) is 27.5 Å². The first-order chi connectivity index (χ1) is 23.2. The van der Waals surface area contributed by atoms with Gasteiger partial charge in [-0.25, -0.2) is 18.7 Å². The molecule has 1 atom stereocenters. The third-order valence-corrected chi connectivity index (χ3v) is 10.1. The summed E-state index contributed by atoms with van der Waals surface area (Å²) >= 11 is 0. The number of nitrogens with zero attached hydrogens (tertiary/aromatic N) is 8. The molecule has 1 aliphatic carbocycles. The van der Waals surface area contributed by atoms with Crippen LogP contribution in [0.2, 0.25) is 0 Å². The summed E-state index contributed by atoms with van der Waals surface area (Å²) < 4.78 is 30.2. The van der Waals surface area contributed by atoms with E-state index in [1.165, 1.54) is 13.8 Å². The number of halogens is 1. The summed E-state index contributed by atoms with van der Waals surface area (Å²) in [6, 6.07) is 1.72. The summed E-state index contributed by atoms with van der Waals surface area (Å²) in [4.78, 5) is 37.0. The molecule has 6 heterocycles. The van der Waals surface area contributed by atoms with Gasteiger partial charge < -0.3 is 29.5 Å². The molecule has 1 saturated carbocycles. The third kappa shape index (κ3) is 6.93. The van der Waals surface area contributed by atoms with Gasteiger partial charge in [0.05, 0.1) is 41.1 Å². The first kappa shape index (κ1) is 33.6. The number of hydrogen-bond acceptors (Lipinski definition) is 8. The van der Waals surface area contributed by atoms with Crippen LogP contribution in [0.4, 0.5) is 25.5 Å². The molecule has 1 spiro atoms. The molecule has 1 unspecified atom stereocenters. The molecular formula is C35H50FN9O4. The van der Waals surface area contributed by atoms with E-state index >= 15 is 4.39 Å². The second-order valence-electron chi connectivity index (χ2n) is 15.9. The molecule has 266 valence electrons. The number of alkyl halides is 1. The second kappa shape index (κ2) is 12.4. The van der Waals surface area contributed by atoms with Crippen LogP contribution in [0.25, 0.3) is 22.3 Å². The maximum atomic E-state index is 15.2. The zero-order valence-corrected chi connectivity index (χ0v) is 29.7. The quantitative estimate of drug-likeness (QED) is 0.307. The number of urea groups is 1. The second-order valence-corrected chi connectivity index (χ2v) is 15.9. The first-order valence-electron chi connectivity index (χ1n) is 17.8. The first-order valence-corrected chi connectivity index (χ1v) is 17.8. The Kier molecular flexibility index (Phi) is 8.51. The minimum atomic E-state index is -1.53. The molecule has 4 fully saturated rings. The lowest BCUT2D eigenvalue weighted by molar-refractivity contribution is -0.0393. The van der Waals surface area contributed by atoms with Crippen molar-refractivity contribution in [3.63, 3.8) is 0 Å². The van der Waals surface area contributed by atoms with Crippen molar-refractivity contribution in [1.82, 2.24) is 34.3 Å². The number of nitrogens with one attached hydrogen (secondary N) is 1. The van der Waals surface area contributed by atoms with Crippen molar-refractivity contribution in [1.29, 1.82) is 0 Å². The Morgan fingerprint density at radius 1 is 1.10 bits per heavy atom. The van der Waals surface area contributed by atoms with Gasteiger partial charge in [0.2, 0.25) is 0 Å². The van der Waals surface area contributed by atoms with Crippen LogP contribution in [0.15, 0.2) is 18.5 Å². The van der Waals surface area contributed by atoms with Gasteiger partial charge in [-0.05, 0) is 92.1 Å². The standard InChI is InChI=1S/C35H50FN9O4/c1-33(2,3)49-32(47)41(6)23-19-42(20-23)30-24-18-37-25(17-27(24)45(40-30)22-34(4,5)36)29-26(21-44(39-29)28-11-7-10-16-48-28)38-31(46)43-15-9-8-12-35(43)13-14-35/h17-18,21,23,28H,7-16,19-20,22H2,1-6H3,(H,38,46). The highest BCUT2D eigenvalue weighted by Crippen LogP contribution is 2.48. The van der Waals surface area contributed by atoms with E-state index in [4.69, 9.17) is 24.7 Å². The topological polar surface area (TPSA) is 123 Å². The van der Waals surface area contributed by atoms with Gasteiger partial charge in [0.25, 0.3) is 0 Å². The molecule has 1 N–H and O–H groups in total. The Morgan fingerprint density at radius 3 is 2.55 bits per heavy atom. The fraction of sp³-hybridized carbons (Fsp3) is 0.686. The van der Waals surface area contributed by atoms with E-state index in [0.717, 1.165) is 63.3 Å². The summed E-state index contributed by atoms with van der Waals surface area (Å²) in [5, 5.41) is 13.8. The molecule has 0 bridgehead atoms. The number of ether oxygens (including phenoxy) is 2. The van der Waals surface area contributed by atoms with Crippen LogP contribution in [0.5, 0.6) is 0 Å². The van der Waals surface area contributed by atoms with Crippen molar-refractivity contribution < 1.29 is 23.5 Å². The van der Waals surface area contributed by atoms with Crippen LogP contribution in [0.3, 0.4) is 0 Å². The number of likely N-dealkylation sites (tertiary alicyclic amines) is 1. The highest BCUT2D eigenvalue weighted by Gasteiger charge is 2.51. The highest BCUT2D eigenvalue weighted by molar-refractivity contribution is 5.96. The van der Waals surface area contributed by atoms with Crippen molar-refractivity contribution in [3.05, 3.63) is 18.5 Å². The minimum Gasteiger partial charge on any atom is -0.444 e. The number of carbonyl (C=O) groups is 2. The fourth-order valence-corrected chi connectivity index (χ4v) is 7.26. The number of likely N-dealkylation sites (N-methyl/N-ethyl adjacent to an activating group) is 1. The van der Waals surface area contributed by atoms with Gasteiger partial charge in [0, 0.05) is 45.0 Å². The monoisotopic (exact) mass is 679 g/mol. The maximum absolute atomic E-state index is 15.2. The number of amides is 3. The van der Waals surface area contributed by atoms with Crippen molar-refractivity contribution >= 4 is 34.5 Å². The van der Waals surface area contributed by atoms with Gasteiger partial charge in [0.15, 0.2) is 5.82 Å². The molecule has 4 aliphatic rings. The smallest absolute Gasteiger partial charge is 0.410 e. The van der Waals surface area contributed by atoms with Crippen LogP contribution in [-0.2, 0) is 16.0 Å². The zero-order valence-electron chi connectivity index (χ0n) is 29.7. The van der Waals surface area contributed by atoms with Gasteiger partial charge in [0.1, 0.15) is 23.2 Å². The van der Waals surface area contributed by atoms with Crippen molar-refractivity contribution in [2.24, 2.45) is 0 Å². The molecule has 49 heavy (non-hydrogen) atoms. The van der Waals surface area contributed by atoms with Crippen LogP contribution in [0.1, 0.15) is 92.2 Å². The Morgan fingerprint density at radius 2 is 1.88 bits per heavy atom. The normalized spacial score (nSPS) is 21.2. The van der Waals surface area contributed by atoms with Gasteiger partial charge >= 0.3 is 12.1 Å². The number of carbonyl (C=O) groups excluding carboxylic acids is 2. The molecule has 14 heteroatoms. The summed E-state index contributed by atoms with van der Waals surface area (Å²) in [6.45, 7) is 11.2. The lowest BCUT2D eigenvalue weighted by Crippen LogP contribution is -2.60. The molecule has 3 saturated heterocycles. The minimum absolute atomic E-state index is 0.0121. The molecule has 13 nitrogen and oxygen atoms in total. The molecule has 3 aromatic rings. The molecule has 3 aliphatic heterocycles. The number of fused-ring (bicyclic) bond motifs is 1. The Hall–Kier alpha value is -3.94. The van der Waals surface area contributed by atoms with Crippen LogP contribution in [0, 0.1) is 0 Å². The van der Waals surface area contributed by atoms with E-state index in [0.29, 0.717) is 48.1 Å². The Balaban J connectivity index is 1.20. The lowest BCUT2D eigenvalue weighted by Gasteiger charge is -2.44. The third-order valence-electron chi connectivity index (χ3n) is 10.1. The van der Waals surface area contributed by atoms with Crippen LogP contribution in [-0.4, -0.2) is 103 Å². The van der Waals surface area contributed by atoms with Crippen molar-refractivity contribution in [2.45, 2.75) is 122 Å². The predicted molar refractivity (Wildman–Crippen MR) is 184 cm³/mol. The van der Waals surface area contributed by atoms with E-state index in [9.17, 15) is 9.59 Å². The van der Waals surface area contributed by atoms with Gasteiger partial charge in [-0.1, -0.05) is 0 Å². The number of anilines is 2. The van der Waals surface area contributed by atoms with Crippen LogP contribution >= 0.6 is 0 Å². The number of aromatic nitrogens is 5. The summed E-state index contributed by atoms with van der Waals surface area (Å²) in [5.41, 5.74) is 0.239. The molecule has 0 aromatic carbocycles. The summed E-state index contributed by atoms with van der Waals surface area (Å²) in [7, 11) is 1.75. The summed E-state index contributed by atoms with van der Waals surface area (Å²) in [5.74, 6) is 0.682. The van der Waals surface area contributed by atoms with Crippen LogP contribution < -0.4 is 10.2 Å². The number of piperidine rings is 1. The summed E-state index contributed by atoms with van der Waals surface area (Å²) in [6.07, 6.45) is 11.2. The van der Waals surface area contributed by atoms with Crippen molar-refractivity contribution in [3.8, 4) is 11.4 Å². The average Bonchev–Trinajstić information content (AvgIpc) is 3.51. The Labute approximate surface area is 287 Å². The van der Waals surface area contributed by atoms with Gasteiger partial charge in [-0.3, -0.25) is 9.67 Å². The SMILES string of the molecule is CN(C(=O)OC(C)(C)C)C1CN(c2nn(CC(C)(C)F)c3cc(-c4nn(C5CCCCO5)cc4NC(=O)N4CCCCC45CC5)ncc23)C1. The lowest BCUT2D eigenvalue weighted by atomic mass is 10.0. The zero-order chi connectivity index (χ0) is 34.7. The number of pyridine rings is 1. The molecule has 7 rings (SSSR count). The predicted octanol–water partition coefficient (Wildman–Crippen LogP) is 6.35. The van der Waals surface area contributed by atoms with Gasteiger partial charge in [-0.2, -0.15) is 10.2 Å². The molecule has 3 amide bonds. The number of rotatable bonds is 7.